The molecule has 1 fully saturated rings. The Bertz CT molecular complexity index is 271. The van der Waals surface area contributed by atoms with Crippen LogP contribution in [0.4, 0.5) is 9.59 Å². The number of cyclic esters (lactones) is 4. The largest absolute Gasteiger partial charge is 0.519 e. The zero-order chi connectivity index (χ0) is 11.3. The summed E-state index contributed by atoms with van der Waals surface area (Å²) in [5.74, 6) is 0. The Morgan fingerprint density at radius 1 is 1.20 bits per heavy atom. The minimum absolute atomic E-state index is 0.480. The van der Waals surface area contributed by atoms with E-state index in [0.717, 1.165) is 6.42 Å². The van der Waals surface area contributed by atoms with Crippen molar-refractivity contribution in [2.24, 2.45) is 0 Å². The molecule has 0 aliphatic carbocycles. The van der Waals surface area contributed by atoms with Crippen LogP contribution < -0.4 is 0 Å². The Labute approximate surface area is 88.0 Å². The van der Waals surface area contributed by atoms with E-state index in [1.807, 2.05) is 19.1 Å². The zero-order valence-electron chi connectivity index (χ0n) is 8.76. The van der Waals surface area contributed by atoms with Gasteiger partial charge >= 0.3 is 12.3 Å². The van der Waals surface area contributed by atoms with E-state index in [4.69, 9.17) is 9.47 Å². The van der Waals surface area contributed by atoms with Gasteiger partial charge in [0.1, 0.15) is 12.2 Å². The van der Waals surface area contributed by atoms with E-state index in [2.05, 4.69) is 4.74 Å². The number of carbonyl (C=O) groups is 2. The maximum atomic E-state index is 10.9. The van der Waals surface area contributed by atoms with E-state index in [9.17, 15) is 9.59 Å². The molecule has 0 amide bonds. The summed E-state index contributed by atoms with van der Waals surface area (Å²) < 4.78 is 13.8. The summed E-state index contributed by atoms with van der Waals surface area (Å²) in [7, 11) is 0. The molecule has 0 aromatic rings. The monoisotopic (exact) mass is 214 g/mol. The van der Waals surface area contributed by atoms with Crippen LogP contribution in [0.2, 0.25) is 0 Å². The van der Waals surface area contributed by atoms with Crippen LogP contribution in [-0.4, -0.2) is 24.5 Å². The van der Waals surface area contributed by atoms with Gasteiger partial charge in [0.15, 0.2) is 0 Å². The second-order valence-electron chi connectivity index (χ2n) is 3.20. The summed E-state index contributed by atoms with van der Waals surface area (Å²) in [6.45, 7) is 3.66. The van der Waals surface area contributed by atoms with E-state index >= 15 is 0 Å². The molecule has 0 aromatic carbocycles. The zero-order valence-corrected chi connectivity index (χ0v) is 8.76. The van der Waals surface area contributed by atoms with Crippen LogP contribution in [0, 0.1) is 0 Å². The first-order chi connectivity index (χ1) is 7.13. The van der Waals surface area contributed by atoms with Crippen LogP contribution in [0.15, 0.2) is 12.2 Å². The molecule has 5 nitrogen and oxygen atoms in total. The quantitative estimate of drug-likeness (QED) is 0.410. The van der Waals surface area contributed by atoms with Crippen molar-refractivity contribution < 1.29 is 23.8 Å². The first-order valence-electron chi connectivity index (χ1n) is 4.87. The van der Waals surface area contributed by atoms with Gasteiger partial charge in [0.05, 0.1) is 0 Å². The van der Waals surface area contributed by atoms with E-state index < -0.39 is 24.5 Å². The summed E-state index contributed by atoms with van der Waals surface area (Å²) in [6, 6.07) is 0. The summed E-state index contributed by atoms with van der Waals surface area (Å²) in [4.78, 5) is 21.7. The van der Waals surface area contributed by atoms with Crippen LogP contribution in [0.5, 0.6) is 0 Å². The van der Waals surface area contributed by atoms with Gasteiger partial charge in [0.25, 0.3) is 0 Å². The van der Waals surface area contributed by atoms with Gasteiger partial charge in [-0.15, -0.1) is 0 Å². The lowest BCUT2D eigenvalue weighted by Gasteiger charge is -2.16. The number of ether oxygens (including phenoxy) is 3. The van der Waals surface area contributed by atoms with Crippen LogP contribution in [0.3, 0.4) is 0 Å². The predicted molar refractivity (Wildman–Crippen MR) is 51.3 cm³/mol. The predicted octanol–water partition coefficient (Wildman–Crippen LogP) is 2.40. The molecule has 0 N–H and O–H groups in total. The Hall–Kier alpha value is -1.52. The minimum atomic E-state index is -1.01. The third-order valence-corrected chi connectivity index (χ3v) is 1.99. The highest BCUT2D eigenvalue weighted by atomic mass is 16.8. The SMILES string of the molecule is CCC=CCC1OC(=O)OC(=O)OC1C. The van der Waals surface area contributed by atoms with Crippen LogP contribution in [0.1, 0.15) is 26.7 Å². The van der Waals surface area contributed by atoms with Crippen molar-refractivity contribution in [3.05, 3.63) is 12.2 Å². The molecule has 0 bridgehead atoms. The van der Waals surface area contributed by atoms with Gasteiger partial charge in [-0.1, -0.05) is 19.1 Å². The normalized spacial score (nSPS) is 26.8. The number of allylic oxidation sites excluding steroid dienone is 1. The van der Waals surface area contributed by atoms with Crippen LogP contribution in [0.25, 0.3) is 0 Å². The molecule has 2 unspecified atom stereocenters. The van der Waals surface area contributed by atoms with Gasteiger partial charge in [-0.25, -0.2) is 9.59 Å². The molecule has 5 heteroatoms. The maximum absolute atomic E-state index is 10.9. The van der Waals surface area contributed by atoms with Crippen molar-refractivity contribution in [2.45, 2.75) is 38.9 Å². The summed E-state index contributed by atoms with van der Waals surface area (Å²) in [5.41, 5.74) is 0. The molecule has 1 rings (SSSR count). The summed E-state index contributed by atoms with van der Waals surface area (Å²) >= 11 is 0. The number of carbonyl (C=O) groups excluding carboxylic acids is 2. The maximum Gasteiger partial charge on any atom is 0.519 e. The molecule has 0 radical (unpaired) electrons. The van der Waals surface area contributed by atoms with E-state index in [1.165, 1.54) is 0 Å². The van der Waals surface area contributed by atoms with Gasteiger partial charge in [-0.3, -0.25) is 0 Å². The molecule has 2 atom stereocenters. The topological polar surface area (TPSA) is 61.8 Å². The van der Waals surface area contributed by atoms with Crippen molar-refractivity contribution in [3.8, 4) is 0 Å². The molecule has 84 valence electrons. The minimum Gasteiger partial charge on any atom is -0.427 e. The average Bonchev–Trinajstić information content (AvgIpc) is 2.26. The molecule has 1 aliphatic heterocycles. The lowest BCUT2D eigenvalue weighted by molar-refractivity contribution is 0.0247. The Kier molecular flexibility index (Phi) is 4.15. The lowest BCUT2D eigenvalue weighted by atomic mass is 10.1. The van der Waals surface area contributed by atoms with Gasteiger partial charge in [0, 0.05) is 6.42 Å². The molecule has 1 aliphatic rings. The standard InChI is InChI=1S/C10H14O5/c1-3-4-5-6-8-7(2)13-9(11)15-10(12)14-8/h4-5,7-8H,3,6H2,1-2H3. The van der Waals surface area contributed by atoms with Crippen LogP contribution >= 0.6 is 0 Å². The highest BCUT2D eigenvalue weighted by molar-refractivity contribution is 5.77. The molecule has 0 saturated carbocycles. The molecule has 0 aromatic heterocycles. The lowest BCUT2D eigenvalue weighted by Crippen LogP contribution is -2.27. The van der Waals surface area contributed by atoms with Crippen LogP contribution in [-0.2, 0) is 14.2 Å². The average molecular weight is 214 g/mol. The number of rotatable bonds is 3. The fraction of sp³-hybridized carbons (Fsp3) is 0.600. The van der Waals surface area contributed by atoms with Gasteiger partial charge < -0.3 is 14.2 Å². The molecule has 1 heterocycles. The van der Waals surface area contributed by atoms with Crippen molar-refractivity contribution >= 4 is 12.3 Å². The van der Waals surface area contributed by atoms with Gasteiger partial charge in [-0.05, 0) is 13.3 Å². The van der Waals surface area contributed by atoms with Crippen molar-refractivity contribution in [1.29, 1.82) is 0 Å². The fourth-order valence-electron chi connectivity index (χ4n) is 1.20. The molecule has 0 spiro atoms. The van der Waals surface area contributed by atoms with Crippen molar-refractivity contribution in [2.75, 3.05) is 0 Å². The molecule has 1 saturated heterocycles. The highest BCUT2D eigenvalue weighted by Crippen LogP contribution is 2.15. The Morgan fingerprint density at radius 3 is 2.53 bits per heavy atom. The number of hydrogen-bond acceptors (Lipinski definition) is 5. The highest BCUT2D eigenvalue weighted by Gasteiger charge is 2.31. The smallest absolute Gasteiger partial charge is 0.427 e. The third kappa shape index (κ3) is 3.61. The second-order valence-corrected chi connectivity index (χ2v) is 3.20. The second kappa shape index (κ2) is 5.38. The van der Waals surface area contributed by atoms with E-state index in [0.29, 0.717) is 6.42 Å². The van der Waals surface area contributed by atoms with Gasteiger partial charge in [-0.2, -0.15) is 0 Å². The molecule has 15 heavy (non-hydrogen) atoms. The van der Waals surface area contributed by atoms with Crippen molar-refractivity contribution in [3.63, 3.8) is 0 Å². The Morgan fingerprint density at radius 2 is 1.87 bits per heavy atom. The van der Waals surface area contributed by atoms with E-state index in [-0.39, 0.29) is 0 Å². The number of hydrogen-bond donors (Lipinski definition) is 0. The summed E-state index contributed by atoms with van der Waals surface area (Å²) in [6.07, 6.45) is 2.27. The Balaban J connectivity index is 2.57. The first kappa shape index (κ1) is 11.6. The molecular formula is C10H14O5. The van der Waals surface area contributed by atoms with E-state index in [1.54, 1.807) is 6.92 Å². The van der Waals surface area contributed by atoms with Gasteiger partial charge in [0.2, 0.25) is 0 Å². The fourth-order valence-corrected chi connectivity index (χ4v) is 1.20. The van der Waals surface area contributed by atoms with Crippen molar-refractivity contribution in [1.82, 2.24) is 0 Å². The summed E-state index contributed by atoms with van der Waals surface area (Å²) in [5, 5.41) is 0. The third-order valence-electron chi connectivity index (χ3n) is 1.99. The first-order valence-corrected chi connectivity index (χ1v) is 4.87. The molecular weight excluding hydrogens is 200 g/mol.